The van der Waals surface area contributed by atoms with Crippen molar-refractivity contribution in [1.29, 1.82) is 0 Å². The van der Waals surface area contributed by atoms with E-state index in [2.05, 4.69) is 5.32 Å². The highest BCUT2D eigenvalue weighted by Gasteiger charge is 2.18. The quantitative estimate of drug-likeness (QED) is 0.796. The molecule has 0 aliphatic rings. The Morgan fingerprint density at radius 2 is 1.82 bits per heavy atom. The second-order valence-electron chi connectivity index (χ2n) is 4.45. The summed E-state index contributed by atoms with van der Waals surface area (Å²) in [7, 11) is -2.34. The minimum absolute atomic E-state index is 0.315. The summed E-state index contributed by atoms with van der Waals surface area (Å²) in [6.45, 7) is 5.31. The smallest absolute Gasteiger partial charge is 0.444 e. The van der Waals surface area contributed by atoms with Gasteiger partial charge < -0.3 is 4.74 Å². The number of hydrogen-bond donors (Lipinski definition) is 2. The highest BCUT2D eigenvalue weighted by Crippen LogP contribution is 2.16. The van der Waals surface area contributed by atoms with Gasteiger partial charge in [0, 0.05) is 5.69 Å². The Hall–Kier alpha value is -1.45. The van der Waals surface area contributed by atoms with Crippen molar-refractivity contribution < 1.29 is 19.0 Å². The lowest BCUT2D eigenvalue weighted by Gasteiger charge is -2.19. The monoisotopic (exact) mass is 256 g/mol. The van der Waals surface area contributed by atoms with Crippen LogP contribution >= 0.6 is 8.03 Å². The molecule has 5 nitrogen and oxygen atoms in total. The van der Waals surface area contributed by atoms with E-state index in [4.69, 9.17) is 9.63 Å². The number of rotatable bonds is 2. The molecule has 0 spiro atoms. The summed E-state index contributed by atoms with van der Waals surface area (Å²) >= 11 is 0. The molecule has 0 saturated heterocycles. The summed E-state index contributed by atoms with van der Waals surface area (Å²) in [5, 5.41) is 2.84. The molecule has 0 heterocycles. The summed E-state index contributed by atoms with van der Waals surface area (Å²) in [6, 6.07) is 6.04. The van der Waals surface area contributed by atoms with Crippen LogP contribution in [0.4, 0.5) is 10.5 Å². The predicted octanol–water partition coefficient (Wildman–Crippen LogP) is 2.39. The molecule has 0 aliphatic heterocycles. The Balaban J connectivity index is 2.64. The van der Waals surface area contributed by atoms with Gasteiger partial charge in [-0.15, -0.1) is 0 Å². The third-order valence-electron chi connectivity index (χ3n) is 1.73. The first kappa shape index (κ1) is 13.6. The molecule has 1 aromatic rings. The molecule has 0 fully saturated rings. The van der Waals surface area contributed by atoms with Crippen molar-refractivity contribution in [3.05, 3.63) is 24.3 Å². The number of benzene rings is 1. The highest BCUT2D eigenvalue weighted by molar-refractivity contribution is 7.47. The topological polar surface area (TPSA) is 75.6 Å². The Labute approximate surface area is 101 Å². The van der Waals surface area contributed by atoms with E-state index in [1.165, 1.54) is 12.1 Å². The van der Waals surface area contributed by atoms with Crippen LogP contribution in [0.1, 0.15) is 20.8 Å². The van der Waals surface area contributed by atoms with Gasteiger partial charge in [0.1, 0.15) is 5.60 Å². The molecule has 1 aromatic carbocycles. The number of hydrogen-bond acceptors (Lipinski definition) is 3. The average Bonchev–Trinajstić information content (AvgIpc) is 2.15. The number of ether oxygens (including phenoxy) is 1. The second kappa shape index (κ2) is 5.25. The summed E-state index contributed by atoms with van der Waals surface area (Å²) in [6.07, 6.45) is -0.557. The minimum Gasteiger partial charge on any atom is -0.444 e. The number of carbonyl (C=O) groups is 1. The molecule has 0 bridgehead atoms. The van der Waals surface area contributed by atoms with Gasteiger partial charge in [-0.05, 0) is 49.6 Å². The Morgan fingerprint density at radius 1 is 1.29 bits per heavy atom. The molecule has 0 radical (unpaired) electrons. The largest absolute Gasteiger partial charge is 0.546 e. The van der Waals surface area contributed by atoms with E-state index in [-0.39, 0.29) is 0 Å². The zero-order valence-corrected chi connectivity index (χ0v) is 10.8. The molecule has 1 rings (SSSR count). The normalized spacial score (nSPS) is 11.9. The summed E-state index contributed by atoms with van der Waals surface area (Å²) in [4.78, 5) is 20.3. The lowest BCUT2D eigenvalue weighted by Crippen LogP contribution is -2.27. The van der Waals surface area contributed by atoms with Gasteiger partial charge in [0.2, 0.25) is 5.30 Å². The Kier molecular flexibility index (Phi) is 4.21. The van der Waals surface area contributed by atoms with Crippen LogP contribution in [-0.4, -0.2) is 16.6 Å². The van der Waals surface area contributed by atoms with Crippen molar-refractivity contribution in [2.75, 3.05) is 5.32 Å². The molecule has 17 heavy (non-hydrogen) atoms. The van der Waals surface area contributed by atoms with E-state index in [1.807, 2.05) is 0 Å². The molecule has 1 unspecified atom stereocenters. The highest BCUT2D eigenvalue weighted by atomic mass is 31.1. The molecule has 1 amide bonds. The van der Waals surface area contributed by atoms with E-state index in [0.29, 0.717) is 11.0 Å². The Morgan fingerprint density at radius 3 is 2.24 bits per heavy atom. The zero-order valence-electron chi connectivity index (χ0n) is 9.93. The molecule has 92 valence electrons. The van der Waals surface area contributed by atoms with Crippen LogP contribution in [0.2, 0.25) is 0 Å². The van der Waals surface area contributed by atoms with Crippen molar-refractivity contribution >= 4 is 25.1 Å². The van der Waals surface area contributed by atoms with Crippen LogP contribution in [0.15, 0.2) is 24.3 Å². The summed E-state index contributed by atoms with van der Waals surface area (Å²) in [5.41, 5.74) is -0.0433. The fraction of sp³-hybridized carbons (Fsp3) is 0.364. The van der Waals surface area contributed by atoms with Crippen LogP contribution < -0.4 is 10.6 Å². The maximum atomic E-state index is 11.4. The molecule has 0 aliphatic carbocycles. The van der Waals surface area contributed by atoms with Crippen molar-refractivity contribution in [2.45, 2.75) is 26.4 Å². The third kappa shape index (κ3) is 4.93. The maximum Gasteiger partial charge on any atom is 0.546 e. The zero-order chi connectivity index (χ0) is 13.1. The summed E-state index contributed by atoms with van der Waals surface area (Å²) in [5.74, 6) is 0. The van der Waals surface area contributed by atoms with Crippen molar-refractivity contribution in [1.82, 2.24) is 0 Å². The van der Waals surface area contributed by atoms with Crippen molar-refractivity contribution in [3.8, 4) is 0 Å². The van der Waals surface area contributed by atoms with E-state index >= 15 is 0 Å². The third-order valence-corrected chi connectivity index (χ3v) is 2.47. The molecule has 0 saturated carbocycles. The molecular weight excluding hydrogens is 241 g/mol. The SMILES string of the molecule is CC(C)(C)OC(=O)Nc1ccc([P+](=O)O)cc1. The fourth-order valence-corrected chi connectivity index (χ4v) is 1.50. The molecule has 0 aromatic heterocycles. The molecular formula is C11H15NO4P+. The number of anilines is 1. The minimum atomic E-state index is -2.34. The summed E-state index contributed by atoms with van der Waals surface area (Å²) < 4.78 is 15.8. The first-order valence-electron chi connectivity index (χ1n) is 5.04. The first-order chi connectivity index (χ1) is 7.78. The number of nitrogens with one attached hydrogen (secondary N) is 1. The van der Waals surface area contributed by atoms with Gasteiger partial charge in [-0.2, -0.15) is 4.89 Å². The van der Waals surface area contributed by atoms with Gasteiger partial charge in [0.25, 0.3) is 0 Å². The van der Waals surface area contributed by atoms with Crippen LogP contribution in [-0.2, 0) is 9.30 Å². The molecule has 6 heteroatoms. The molecule has 1 atom stereocenters. The molecule has 2 N–H and O–H groups in total. The van der Waals surface area contributed by atoms with E-state index < -0.39 is 19.7 Å². The van der Waals surface area contributed by atoms with E-state index in [0.717, 1.165) is 0 Å². The van der Waals surface area contributed by atoms with Crippen molar-refractivity contribution in [3.63, 3.8) is 0 Å². The maximum absolute atomic E-state index is 11.4. The number of carbonyl (C=O) groups excluding carboxylic acids is 1. The lowest BCUT2D eigenvalue weighted by molar-refractivity contribution is 0.0636. The Bertz CT molecular complexity index is 422. The predicted molar refractivity (Wildman–Crippen MR) is 65.8 cm³/mol. The van der Waals surface area contributed by atoms with Gasteiger partial charge in [-0.1, -0.05) is 0 Å². The van der Waals surface area contributed by atoms with Gasteiger partial charge in [-0.3, -0.25) is 5.32 Å². The standard InChI is InChI=1S/C11H14NO4P/c1-11(2,3)16-10(13)12-8-4-6-9(7-5-8)17(14)15/h4-7H,1-3H3,(H-,12,13,14,15)/p+1. The number of amides is 1. The van der Waals surface area contributed by atoms with E-state index in [1.54, 1.807) is 32.9 Å². The van der Waals surface area contributed by atoms with Gasteiger partial charge in [-0.25, -0.2) is 4.79 Å². The second-order valence-corrected chi connectivity index (χ2v) is 5.51. The van der Waals surface area contributed by atoms with Crippen LogP contribution in [0.5, 0.6) is 0 Å². The van der Waals surface area contributed by atoms with Gasteiger partial charge in [0.15, 0.2) is 0 Å². The van der Waals surface area contributed by atoms with Crippen LogP contribution in [0, 0.1) is 0 Å². The van der Waals surface area contributed by atoms with E-state index in [9.17, 15) is 9.36 Å². The van der Waals surface area contributed by atoms with Crippen LogP contribution in [0.25, 0.3) is 0 Å². The van der Waals surface area contributed by atoms with Crippen LogP contribution in [0.3, 0.4) is 0 Å². The first-order valence-corrected chi connectivity index (χ1v) is 6.25. The van der Waals surface area contributed by atoms with Crippen molar-refractivity contribution in [2.24, 2.45) is 0 Å². The van der Waals surface area contributed by atoms with Gasteiger partial charge >= 0.3 is 14.1 Å². The fourth-order valence-electron chi connectivity index (χ4n) is 1.09. The average molecular weight is 256 g/mol. The lowest BCUT2D eigenvalue weighted by atomic mass is 10.2. The van der Waals surface area contributed by atoms with Gasteiger partial charge in [0.05, 0.1) is 0 Å².